The van der Waals surface area contributed by atoms with E-state index in [-0.39, 0.29) is 24.5 Å². The van der Waals surface area contributed by atoms with Crippen molar-refractivity contribution >= 4 is 22.2 Å². The summed E-state index contributed by atoms with van der Waals surface area (Å²) in [4.78, 5) is 17.2. The topological polar surface area (TPSA) is 66.6 Å². The third-order valence-electron chi connectivity index (χ3n) is 3.09. The molecule has 2 aromatic heterocycles. The molecule has 2 N–H and O–H groups in total. The lowest BCUT2D eigenvalue weighted by Gasteiger charge is -2.19. The molecular weight excluding hydrogens is 262 g/mol. The number of aromatic nitrogens is 2. The smallest absolute Gasteiger partial charge is 0.226 e. The molecule has 0 aliphatic carbocycles. The highest BCUT2D eigenvalue weighted by Crippen LogP contribution is 2.17. The van der Waals surface area contributed by atoms with Crippen molar-refractivity contribution in [3.8, 4) is 0 Å². The zero-order valence-electron chi connectivity index (χ0n) is 11.4. The molecular formula is C13H19N3O2S. The van der Waals surface area contributed by atoms with Gasteiger partial charge in [-0.05, 0) is 12.8 Å². The van der Waals surface area contributed by atoms with Gasteiger partial charge >= 0.3 is 0 Å². The molecule has 0 fully saturated rings. The van der Waals surface area contributed by atoms with Crippen molar-refractivity contribution in [1.29, 1.82) is 0 Å². The maximum Gasteiger partial charge on any atom is 0.226 e. The lowest BCUT2D eigenvalue weighted by Crippen LogP contribution is -2.41. The lowest BCUT2D eigenvalue weighted by atomic mass is 10.1. The molecule has 0 bridgehead atoms. The molecule has 0 saturated carbocycles. The van der Waals surface area contributed by atoms with Crippen LogP contribution in [0.2, 0.25) is 0 Å². The normalized spacial score (nSPS) is 13.1. The molecule has 104 valence electrons. The molecule has 2 rings (SSSR count). The molecule has 0 aromatic carbocycles. The number of aliphatic hydroxyl groups excluding tert-OH is 1. The van der Waals surface area contributed by atoms with Crippen LogP contribution in [0.1, 0.15) is 25.2 Å². The number of aryl methyl sites for hydroxylation is 1. The number of hydrogen-bond donors (Lipinski definition) is 2. The molecule has 1 unspecified atom stereocenters. The first-order valence-corrected chi connectivity index (χ1v) is 7.21. The number of rotatable bonds is 5. The van der Waals surface area contributed by atoms with Crippen LogP contribution >= 0.6 is 11.3 Å². The summed E-state index contributed by atoms with van der Waals surface area (Å²) in [7, 11) is 0. The Bertz CT molecular complexity index is 573. The fraction of sp³-hybridized carbons (Fsp3) is 0.538. The van der Waals surface area contributed by atoms with Crippen LogP contribution in [-0.4, -0.2) is 33.0 Å². The number of fused-ring (bicyclic) bond motifs is 1. The van der Waals surface area contributed by atoms with Gasteiger partial charge in [0.2, 0.25) is 5.91 Å². The average Bonchev–Trinajstić information content (AvgIpc) is 2.86. The molecule has 19 heavy (non-hydrogen) atoms. The van der Waals surface area contributed by atoms with E-state index in [9.17, 15) is 9.90 Å². The minimum atomic E-state index is -0.189. The van der Waals surface area contributed by atoms with E-state index >= 15 is 0 Å². The maximum absolute atomic E-state index is 12.0. The zero-order chi connectivity index (χ0) is 14.0. The second-order valence-electron chi connectivity index (χ2n) is 5.04. The average molecular weight is 281 g/mol. The van der Waals surface area contributed by atoms with Crippen molar-refractivity contribution in [1.82, 2.24) is 14.7 Å². The van der Waals surface area contributed by atoms with Gasteiger partial charge in [-0.2, -0.15) is 0 Å². The molecule has 5 nitrogen and oxygen atoms in total. The van der Waals surface area contributed by atoms with Crippen LogP contribution < -0.4 is 5.32 Å². The van der Waals surface area contributed by atoms with Crippen molar-refractivity contribution < 1.29 is 9.90 Å². The number of aliphatic hydroxyl groups is 1. The first-order chi connectivity index (χ1) is 9.01. The number of amides is 1. The monoisotopic (exact) mass is 281 g/mol. The van der Waals surface area contributed by atoms with Gasteiger partial charge < -0.3 is 10.4 Å². The van der Waals surface area contributed by atoms with Crippen LogP contribution in [0, 0.1) is 12.8 Å². The van der Waals surface area contributed by atoms with Gasteiger partial charge in [0.1, 0.15) is 0 Å². The molecule has 1 atom stereocenters. The molecule has 1 amide bonds. The summed E-state index contributed by atoms with van der Waals surface area (Å²) in [6.07, 6.45) is 2.24. The first-order valence-electron chi connectivity index (χ1n) is 6.33. The van der Waals surface area contributed by atoms with Gasteiger partial charge in [-0.15, -0.1) is 11.3 Å². The van der Waals surface area contributed by atoms with Crippen LogP contribution in [-0.2, 0) is 11.2 Å². The molecule has 6 heteroatoms. The number of nitrogens with zero attached hydrogens (tertiary/aromatic N) is 2. The Labute approximate surface area is 116 Å². The van der Waals surface area contributed by atoms with Gasteiger partial charge in [-0.25, -0.2) is 4.98 Å². The summed E-state index contributed by atoms with van der Waals surface area (Å²) in [5.41, 5.74) is 1.88. The number of thiazole rings is 1. The van der Waals surface area contributed by atoms with E-state index < -0.39 is 0 Å². The largest absolute Gasteiger partial charge is 0.394 e. The van der Waals surface area contributed by atoms with Crippen LogP contribution in [0.5, 0.6) is 0 Å². The van der Waals surface area contributed by atoms with E-state index in [1.807, 2.05) is 36.7 Å². The molecule has 0 saturated heterocycles. The molecule has 2 aromatic rings. The summed E-state index contributed by atoms with van der Waals surface area (Å²) in [6.45, 7) is 5.85. The second-order valence-corrected chi connectivity index (χ2v) is 5.88. The van der Waals surface area contributed by atoms with Gasteiger partial charge in [0.05, 0.1) is 24.8 Å². The van der Waals surface area contributed by atoms with E-state index in [0.29, 0.717) is 6.42 Å². The van der Waals surface area contributed by atoms with Gasteiger partial charge in [0.25, 0.3) is 0 Å². The second kappa shape index (κ2) is 5.71. The Morgan fingerprint density at radius 1 is 1.58 bits per heavy atom. The van der Waals surface area contributed by atoms with Gasteiger partial charge in [0, 0.05) is 17.3 Å². The standard InChI is InChI=1S/C13H19N3O2S/c1-8(2)11(6-17)15-12(18)4-10-7-19-13-14-9(3)5-16(10)13/h5,7-8,11,17H,4,6H2,1-3H3,(H,15,18). The van der Waals surface area contributed by atoms with Crippen LogP contribution in [0.25, 0.3) is 4.96 Å². The summed E-state index contributed by atoms with van der Waals surface area (Å²) < 4.78 is 1.95. The van der Waals surface area contributed by atoms with Crippen molar-refractivity contribution in [2.45, 2.75) is 33.2 Å². The predicted octanol–water partition coefficient (Wildman–Crippen LogP) is 1.38. The van der Waals surface area contributed by atoms with E-state index in [1.165, 1.54) is 11.3 Å². The quantitative estimate of drug-likeness (QED) is 0.870. The fourth-order valence-corrected chi connectivity index (χ4v) is 2.83. The van der Waals surface area contributed by atoms with E-state index in [0.717, 1.165) is 16.3 Å². The van der Waals surface area contributed by atoms with Crippen molar-refractivity contribution in [2.75, 3.05) is 6.61 Å². The minimum Gasteiger partial charge on any atom is -0.394 e. The van der Waals surface area contributed by atoms with Gasteiger partial charge in [-0.1, -0.05) is 13.8 Å². The zero-order valence-corrected chi connectivity index (χ0v) is 12.2. The van der Waals surface area contributed by atoms with E-state index in [1.54, 1.807) is 0 Å². The summed E-state index contributed by atoms with van der Waals surface area (Å²) in [5.74, 6) is 0.144. The van der Waals surface area contributed by atoms with Crippen molar-refractivity contribution in [3.63, 3.8) is 0 Å². The Balaban J connectivity index is 2.06. The van der Waals surface area contributed by atoms with E-state index in [4.69, 9.17) is 0 Å². The molecule has 0 aliphatic heterocycles. The Kier molecular flexibility index (Phi) is 4.21. The number of carbonyl (C=O) groups is 1. The van der Waals surface area contributed by atoms with E-state index in [2.05, 4.69) is 10.3 Å². The van der Waals surface area contributed by atoms with Crippen LogP contribution in [0.4, 0.5) is 0 Å². The highest BCUT2D eigenvalue weighted by Gasteiger charge is 2.16. The van der Waals surface area contributed by atoms with Gasteiger partial charge in [0.15, 0.2) is 4.96 Å². The number of nitrogens with one attached hydrogen (secondary N) is 1. The number of imidazole rings is 1. The van der Waals surface area contributed by atoms with Gasteiger partial charge in [-0.3, -0.25) is 9.20 Å². The number of hydrogen-bond acceptors (Lipinski definition) is 4. The molecule has 0 radical (unpaired) electrons. The predicted molar refractivity (Wildman–Crippen MR) is 75.4 cm³/mol. The fourth-order valence-electron chi connectivity index (χ4n) is 1.91. The van der Waals surface area contributed by atoms with Crippen LogP contribution in [0.15, 0.2) is 11.6 Å². The van der Waals surface area contributed by atoms with Crippen molar-refractivity contribution in [3.05, 3.63) is 23.0 Å². The summed E-state index contributed by atoms with van der Waals surface area (Å²) in [6, 6.07) is -0.189. The van der Waals surface area contributed by atoms with Crippen LogP contribution in [0.3, 0.4) is 0 Å². The SMILES string of the molecule is Cc1cn2c(CC(=O)NC(CO)C(C)C)csc2n1. The molecule has 0 spiro atoms. The Morgan fingerprint density at radius 2 is 2.32 bits per heavy atom. The first kappa shape index (κ1) is 14.0. The number of carbonyl (C=O) groups excluding carboxylic acids is 1. The third kappa shape index (κ3) is 3.13. The highest BCUT2D eigenvalue weighted by atomic mass is 32.1. The maximum atomic E-state index is 12.0. The summed E-state index contributed by atoms with van der Waals surface area (Å²) >= 11 is 1.53. The molecule has 0 aliphatic rings. The molecule has 2 heterocycles. The van der Waals surface area contributed by atoms with Crippen molar-refractivity contribution in [2.24, 2.45) is 5.92 Å². The third-order valence-corrected chi connectivity index (χ3v) is 3.98. The highest BCUT2D eigenvalue weighted by molar-refractivity contribution is 7.15. The Morgan fingerprint density at radius 3 is 2.95 bits per heavy atom. The Hall–Kier alpha value is -1.40. The summed E-state index contributed by atoms with van der Waals surface area (Å²) in [5, 5.41) is 14.0. The minimum absolute atomic E-state index is 0.0351. The lowest BCUT2D eigenvalue weighted by molar-refractivity contribution is -0.121.